The number of hydrogen-bond acceptors (Lipinski definition) is 2. The third-order valence-electron chi connectivity index (χ3n) is 5.11. The first kappa shape index (κ1) is 14.4. The Balaban J connectivity index is 1.89. The van der Waals surface area contributed by atoms with E-state index in [1.54, 1.807) is 0 Å². The minimum absolute atomic E-state index is 0.0309. The summed E-state index contributed by atoms with van der Waals surface area (Å²) in [7, 11) is 0. The molecule has 0 spiro atoms. The van der Waals surface area contributed by atoms with E-state index in [4.69, 9.17) is 5.11 Å². The maximum absolute atomic E-state index is 12.2. The Bertz CT molecular complexity index is 355. The number of carboxylic acids is 1. The van der Waals surface area contributed by atoms with Crippen LogP contribution < -0.4 is 5.32 Å². The van der Waals surface area contributed by atoms with Crippen LogP contribution in [0.4, 0.5) is 0 Å². The molecule has 108 valence electrons. The zero-order chi connectivity index (χ0) is 14.0. The highest BCUT2D eigenvalue weighted by Gasteiger charge is 2.38. The molecule has 0 aromatic carbocycles. The molecule has 0 radical (unpaired) electrons. The Morgan fingerprint density at radius 1 is 1.00 bits per heavy atom. The van der Waals surface area contributed by atoms with Gasteiger partial charge in [-0.15, -0.1) is 0 Å². The minimum Gasteiger partial charge on any atom is -0.481 e. The first-order chi connectivity index (χ1) is 8.99. The van der Waals surface area contributed by atoms with Crippen molar-refractivity contribution in [2.75, 3.05) is 0 Å². The Morgan fingerprint density at radius 3 is 2.32 bits per heavy atom. The smallest absolute Gasteiger partial charge is 0.307 e. The molecule has 1 amide bonds. The maximum atomic E-state index is 12.2. The normalized spacial score (nSPS) is 38.9. The lowest BCUT2D eigenvalue weighted by Crippen LogP contribution is -2.44. The molecule has 0 aromatic rings. The van der Waals surface area contributed by atoms with Crippen LogP contribution in [0.15, 0.2) is 0 Å². The second-order valence-electron chi connectivity index (χ2n) is 6.46. The SMILES string of the molecule is CC1CCC(NC(=O)[C@@H]2CCC[C@@H]2C(=O)O)CC1C. The number of aliphatic carboxylic acids is 1. The van der Waals surface area contributed by atoms with E-state index in [1.807, 2.05) is 0 Å². The van der Waals surface area contributed by atoms with Gasteiger partial charge in [-0.1, -0.05) is 20.3 Å². The van der Waals surface area contributed by atoms with Gasteiger partial charge in [0, 0.05) is 6.04 Å². The molecule has 2 rings (SSSR count). The highest BCUT2D eigenvalue weighted by Crippen LogP contribution is 2.33. The molecule has 0 aromatic heterocycles. The van der Waals surface area contributed by atoms with Gasteiger partial charge < -0.3 is 10.4 Å². The van der Waals surface area contributed by atoms with Gasteiger partial charge in [0.25, 0.3) is 0 Å². The van der Waals surface area contributed by atoms with E-state index >= 15 is 0 Å². The van der Waals surface area contributed by atoms with Crippen molar-refractivity contribution >= 4 is 11.9 Å². The van der Waals surface area contributed by atoms with Crippen molar-refractivity contribution in [3.63, 3.8) is 0 Å². The van der Waals surface area contributed by atoms with E-state index in [-0.39, 0.29) is 17.9 Å². The van der Waals surface area contributed by atoms with Crippen LogP contribution in [0.2, 0.25) is 0 Å². The van der Waals surface area contributed by atoms with Crippen LogP contribution in [0, 0.1) is 23.7 Å². The Kier molecular flexibility index (Phi) is 4.48. The summed E-state index contributed by atoms with van der Waals surface area (Å²) in [6, 6.07) is 0.244. The second-order valence-corrected chi connectivity index (χ2v) is 6.46. The minimum atomic E-state index is -0.816. The third-order valence-corrected chi connectivity index (χ3v) is 5.11. The largest absolute Gasteiger partial charge is 0.481 e. The van der Waals surface area contributed by atoms with E-state index in [1.165, 1.54) is 0 Å². The highest BCUT2D eigenvalue weighted by molar-refractivity contribution is 5.85. The first-order valence-electron chi connectivity index (χ1n) is 7.52. The van der Waals surface area contributed by atoms with Crippen molar-refractivity contribution in [3.8, 4) is 0 Å². The molecule has 2 saturated carbocycles. The Labute approximate surface area is 115 Å². The summed E-state index contributed by atoms with van der Waals surface area (Å²) in [5.41, 5.74) is 0. The van der Waals surface area contributed by atoms with Gasteiger partial charge in [-0.05, 0) is 43.9 Å². The van der Waals surface area contributed by atoms with Crippen LogP contribution in [0.1, 0.15) is 52.4 Å². The van der Waals surface area contributed by atoms with Crippen LogP contribution in [-0.2, 0) is 9.59 Å². The number of amides is 1. The molecular formula is C15H25NO3. The van der Waals surface area contributed by atoms with Crippen molar-refractivity contribution < 1.29 is 14.7 Å². The lowest BCUT2D eigenvalue weighted by molar-refractivity contribution is -0.146. The Morgan fingerprint density at radius 2 is 1.68 bits per heavy atom. The topological polar surface area (TPSA) is 66.4 Å². The summed E-state index contributed by atoms with van der Waals surface area (Å²) in [6.45, 7) is 4.50. The fourth-order valence-electron chi connectivity index (χ4n) is 3.56. The molecule has 2 aliphatic rings. The van der Waals surface area contributed by atoms with Crippen LogP contribution in [-0.4, -0.2) is 23.0 Å². The molecule has 5 atom stereocenters. The zero-order valence-corrected chi connectivity index (χ0v) is 11.9. The molecule has 2 fully saturated rings. The average Bonchev–Trinajstić information content (AvgIpc) is 2.83. The lowest BCUT2D eigenvalue weighted by atomic mass is 9.79. The highest BCUT2D eigenvalue weighted by atomic mass is 16.4. The Hall–Kier alpha value is -1.06. The van der Waals surface area contributed by atoms with Gasteiger partial charge in [0.15, 0.2) is 0 Å². The summed E-state index contributed by atoms with van der Waals surface area (Å²) < 4.78 is 0. The van der Waals surface area contributed by atoms with E-state index < -0.39 is 11.9 Å². The summed E-state index contributed by atoms with van der Waals surface area (Å²) in [5.74, 6) is -0.267. The monoisotopic (exact) mass is 267 g/mol. The zero-order valence-electron chi connectivity index (χ0n) is 11.9. The van der Waals surface area contributed by atoms with Crippen molar-refractivity contribution in [1.29, 1.82) is 0 Å². The van der Waals surface area contributed by atoms with Crippen molar-refractivity contribution in [2.45, 2.75) is 58.4 Å². The number of nitrogens with one attached hydrogen (secondary N) is 1. The van der Waals surface area contributed by atoms with E-state index in [0.29, 0.717) is 12.3 Å². The molecule has 0 aliphatic heterocycles. The van der Waals surface area contributed by atoms with Gasteiger partial charge in [-0.25, -0.2) is 0 Å². The summed E-state index contributed by atoms with van der Waals surface area (Å²) in [6.07, 6.45) is 5.43. The van der Waals surface area contributed by atoms with Crippen LogP contribution in [0.3, 0.4) is 0 Å². The molecule has 19 heavy (non-hydrogen) atoms. The van der Waals surface area contributed by atoms with Crippen molar-refractivity contribution in [2.24, 2.45) is 23.7 Å². The van der Waals surface area contributed by atoms with Crippen LogP contribution in [0.25, 0.3) is 0 Å². The molecule has 2 aliphatic carbocycles. The van der Waals surface area contributed by atoms with Gasteiger partial charge in [0.05, 0.1) is 11.8 Å². The fourth-order valence-corrected chi connectivity index (χ4v) is 3.56. The summed E-state index contributed by atoms with van der Waals surface area (Å²) in [5, 5.41) is 12.2. The van der Waals surface area contributed by atoms with Crippen molar-refractivity contribution in [1.82, 2.24) is 5.32 Å². The molecule has 4 nitrogen and oxygen atoms in total. The summed E-state index contributed by atoms with van der Waals surface area (Å²) in [4.78, 5) is 23.4. The molecule has 0 bridgehead atoms. The molecule has 3 unspecified atom stereocenters. The third kappa shape index (κ3) is 3.28. The van der Waals surface area contributed by atoms with E-state index in [2.05, 4.69) is 19.2 Å². The van der Waals surface area contributed by atoms with Gasteiger partial charge in [-0.2, -0.15) is 0 Å². The molecule has 0 saturated heterocycles. The molecule has 4 heteroatoms. The predicted molar refractivity (Wildman–Crippen MR) is 72.6 cm³/mol. The quantitative estimate of drug-likeness (QED) is 0.825. The van der Waals surface area contributed by atoms with Crippen LogP contribution in [0.5, 0.6) is 0 Å². The number of carboxylic acid groups (broad SMARTS) is 1. The van der Waals surface area contributed by atoms with Gasteiger partial charge >= 0.3 is 5.97 Å². The van der Waals surface area contributed by atoms with Gasteiger partial charge in [0.2, 0.25) is 5.91 Å². The van der Waals surface area contributed by atoms with Crippen LogP contribution >= 0.6 is 0 Å². The number of carbonyl (C=O) groups is 2. The fraction of sp³-hybridized carbons (Fsp3) is 0.867. The second kappa shape index (κ2) is 5.93. The maximum Gasteiger partial charge on any atom is 0.307 e. The van der Waals surface area contributed by atoms with E-state index in [0.717, 1.165) is 38.0 Å². The average molecular weight is 267 g/mol. The van der Waals surface area contributed by atoms with Gasteiger partial charge in [-0.3, -0.25) is 9.59 Å². The standard InChI is InChI=1S/C15H25NO3/c1-9-6-7-11(8-10(9)2)16-14(17)12-4-3-5-13(12)15(18)19/h9-13H,3-8H2,1-2H3,(H,16,17)(H,18,19)/t9?,10?,11?,12-,13+/m1/s1. The first-order valence-corrected chi connectivity index (χ1v) is 7.52. The molecule has 0 heterocycles. The number of rotatable bonds is 3. The number of hydrogen-bond donors (Lipinski definition) is 2. The van der Waals surface area contributed by atoms with Gasteiger partial charge in [0.1, 0.15) is 0 Å². The molecule has 2 N–H and O–H groups in total. The number of carbonyl (C=O) groups excluding carboxylic acids is 1. The van der Waals surface area contributed by atoms with Crippen molar-refractivity contribution in [3.05, 3.63) is 0 Å². The molecular weight excluding hydrogens is 242 g/mol. The predicted octanol–water partition coefficient (Wildman–Crippen LogP) is 2.43. The lowest BCUT2D eigenvalue weighted by Gasteiger charge is -2.33. The summed E-state index contributed by atoms with van der Waals surface area (Å²) >= 11 is 0. The van der Waals surface area contributed by atoms with E-state index in [9.17, 15) is 9.59 Å².